The lowest BCUT2D eigenvalue weighted by Crippen LogP contribution is -2.45. The third-order valence-electron chi connectivity index (χ3n) is 4.01. The molecule has 26 heavy (non-hydrogen) atoms. The van der Waals surface area contributed by atoms with Crippen LogP contribution in [0.15, 0.2) is 41.7 Å². The summed E-state index contributed by atoms with van der Waals surface area (Å²) in [6.07, 6.45) is 4.41. The molecule has 2 heterocycles. The van der Waals surface area contributed by atoms with Gasteiger partial charge in [-0.2, -0.15) is 10.1 Å². The summed E-state index contributed by atoms with van der Waals surface area (Å²) in [5.74, 6) is 0.0160. The van der Waals surface area contributed by atoms with Crippen LogP contribution in [0.3, 0.4) is 0 Å². The van der Waals surface area contributed by atoms with Crippen molar-refractivity contribution in [2.75, 3.05) is 13.1 Å². The molecule has 2 N–H and O–H groups in total. The number of benzene rings is 1. The summed E-state index contributed by atoms with van der Waals surface area (Å²) in [4.78, 5) is 37.4. The quantitative estimate of drug-likeness (QED) is 0.789. The van der Waals surface area contributed by atoms with E-state index in [2.05, 4.69) is 10.4 Å². The maximum Gasteiger partial charge on any atom is 0.349 e. The summed E-state index contributed by atoms with van der Waals surface area (Å²) >= 11 is 0. The number of nitrogens with zero attached hydrogens (tertiary/aromatic N) is 3. The standard InChI is InChI=1S/C17H17N4O5/c1-11-14(6-9-26-11)19-21(17(25)20-8-7-18-16(20)24)15(10-22)12-2-4-13(23)5-3-12/h2-6,9,11,15,23H,7-8H2,1H3,(H,18,24). The fraction of sp³-hybridized carbons (Fsp3) is 0.294. The Morgan fingerprint density at radius 2 is 2.19 bits per heavy atom. The fourth-order valence-electron chi connectivity index (χ4n) is 2.58. The lowest BCUT2D eigenvalue weighted by Gasteiger charge is -2.27. The first kappa shape index (κ1) is 17.5. The highest BCUT2D eigenvalue weighted by Gasteiger charge is 2.36. The number of hydrazone groups is 1. The molecule has 3 rings (SSSR count). The Morgan fingerprint density at radius 3 is 2.73 bits per heavy atom. The second-order valence-corrected chi connectivity index (χ2v) is 5.73. The Labute approximate surface area is 149 Å². The summed E-state index contributed by atoms with van der Waals surface area (Å²) in [7, 11) is 0. The molecule has 1 fully saturated rings. The highest BCUT2D eigenvalue weighted by atomic mass is 16.5. The number of amides is 4. The lowest BCUT2D eigenvalue weighted by atomic mass is 10.1. The van der Waals surface area contributed by atoms with E-state index in [0.29, 0.717) is 17.8 Å². The highest BCUT2D eigenvalue weighted by molar-refractivity contribution is 6.01. The molecule has 2 aliphatic rings. The van der Waals surface area contributed by atoms with E-state index in [1.54, 1.807) is 19.3 Å². The van der Waals surface area contributed by atoms with Crippen LogP contribution in [0.25, 0.3) is 0 Å². The molecule has 2 unspecified atom stereocenters. The number of nitrogens with one attached hydrogen (secondary N) is 1. The number of carbonyl (C=O) groups excluding carboxylic acids is 3. The fourth-order valence-corrected chi connectivity index (χ4v) is 2.58. The molecule has 1 radical (unpaired) electrons. The van der Waals surface area contributed by atoms with Crippen molar-refractivity contribution in [3.63, 3.8) is 0 Å². The number of hydrogen-bond donors (Lipinski definition) is 2. The van der Waals surface area contributed by atoms with E-state index >= 15 is 0 Å². The molecule has 1 saturated heterocycles. The van der Waals surface area contributed by atoms with Crippen molar-refractivity contribution >= 4 is 24.1 Å². The van der Waals surface area contributed by atoms with Gasteiger partial charge in [-0.3, -0.25) is 4.79 Å². The molecular weight excluding hydrogens is 340 g/mol. The van der Waals surface area contributed by atoms with Gasteiger partial charge in [0.1, 0.15) is 23.6 Å². The normalized spacial score (nSPS) is 21.4. The summed E-state index contributed by atoms with van der Waals surface area (Å²) in [5, 5.41) is 17.1. The molecule has 2 aliphatic heterocycles. The first-order valence-corrected chi connectivity index (χ1v) is 7.97. The van der Waals surface area contributed by atoms with E-state index in [-0.39, 0.29) is 12.3 Å². The molecule has 1 aromatic rings. The number of phenols is 1. The van der Waals surface area contributed by atoms with Crippen LogP contribution < -0.4 is 5.32 Å². The third-order valence-corrected chi connectivity index (χ3v) is 4.01. The maximum absolute atomic E-state index is 12.9. The molecular formula is C17H17N4O5. The molecule has 0 aromatic heterocycles. The van der Waals surface area contributed by atoms with Gasteiger partial charge >= 0.3 is 12.1 Å². The van der Waals surface area contributed by atoms with Gasteiger partial charge in [-0.05, 0) is 30.7 Å². The zero-order valence-electron chi connectivity index (χ0n) is 14.0. The van der Waals surface area contributed by atoms with Crippen LogP contribution in [0.4, 0.5) is 9.59 Å². The van der Waals surface area contributed by atoms with Crippen molar-refractivity contribution in [1.82, 2.24) is 15.2 Å². The van der Waals surface area contributed by atoms with Crippen LogP contribution in [0.5, 0.6) is 5.75 Å². The molecule has 4 amide bonds. The monoisotopic (exact) mass is 357 g/mol. The van der Waals surface area contributed by atoms with Gasteiger partial charge in [0.15, 0.2) is 0 Å². The number of phenolic OH excluding ortho intramolecular Hbond substituents is 1. The average Bonchev–Trinajstić information content (AvgIpc) is 3.24. The van der Waals surface area contributed by atoms with Crippen molar-refractivity contribution < 1.29 is 24.2 Å². The molecule has 1 aromatic carbocycles. The number of carbonyl (C=O) groups is 2. The molecule has 2 atom stereocenters. The van der Waals surface area contributed by atoms with Crippen LogP contribution in [-0.2, 0) is 9.53 Å². The van der Waals surface area contributed by atoms with E-state index in [1.165, 1.54) is 30.5 Å². The summed E-state index contributed by atoms with van der Waals surface area (Å²) in [6.45, 7) is 2.23. The molecule has 135 valence electrons. The predicted octanol–water partition coefficient (Wildman–Crippen LogP) is 1.28. The third kappa shape index (κ3) is 3.37. The van der Waals surface area contributed by atoms with Gasteiger partial charge in [-0.25, -0.2) is 14.5 Å². The minimum Gasteiger partial charge on any atom is -0.508 e. The Bertz CT molecular complexity index is 774. The molecule has 0 spiro atoms. The van der Waals surface area contributed by atoms with Crippen LogP contribution in [0.1, 0.15) is 18.5 Å². The largest absolute Gasteiger partial charge is 0.508 e. The maximum atomic E-state index is 12.9. The van der Waals surface area contributed by atoms with E-state index in [9.17, 15) is 19.5 Å². The number of imide groups is 1. The average molecular weight is 357 g/mol. The van der Waals surface area contributed by atoms with E-state index in [0.717, 1.165) is 9.91 Å². The zero-order chi connectivity index (χ0) is 18.7. The molecule has 9 nitrogen and oxygen atoms in total. The number of ether oxygens (including phenoxy) is 1. The van der Waals surface area contributed by atoms with E-state index < -0.39 is 24.2 Å². The number of urea groups is 2. The van der Waals surface area contributed by atoms with Crippen molar-refractivity contribution in [1.29, 1.82) is 0 Å². The topological polar surface area (TPSA) is 112 Å². The second-order valence-electron chi connectivity index (χ2n) is 5.73. The number of aromatic hydroxyl groups is 1. The predicted molar refractivity (Wildman–Crippen MR) is 91.0 cm³/mol. The molecule has 9 heteroatoms. The molecule has 0 saturated carbocycles. The Kier molecular flexibility index (Phi) is 4.87. The van der Waals surface area contributed by atoms with Crippen molar-refractivity contribution in [3.05, 3.63) is 42.2 Å². The zero-order valence-corrected chi connectivity index (χ0v) is 14.0. The van der Waals surface area contributed by atoms with E-state index in [1.807, 2.05) is 0 Å². The first-order valence-electron chi connectivity index (χ1n) is 7.97. The van der Waals surface area contributed by atoms with Gasteiger partial charge in [0.2, 0.25) is 6.29 Å². The summed E-state index contributed by atoms with van der Waals surface area (Å²) in [6, 6.07) is 3.26. The van der Waals surface area contributed by atoms with Crippen LogP contribution >= 0.6 is 0 Å². The highest BCUT2D eigenvalue weighted by Crippen LogP contribution is 2.24. The van der Waals surface area contributed by atoms with Gasteiger partial charge in [0, 0.05) is 13.1 Å². The van der Waals surface area contributed by atoms with Gasteiger partial charge in [-0.15, -0.1) is 0 Å². The van der Waals surface area contributed by atoms with E-state index in [4.69, 9.17) is 4.74 Å². The van der Waals surface area contributed by atoms with Gasteiger partial charge < -0.3 is 15.2 Å². The minimum atomic E-state index is -1.19. The molecule has 0 aliphatic carbocycles. The van der Waals surface area contributed by atoms with Gasteiger partial charge in [-0.1, -0.05) is 12.1 Å². The van der Waals surface area contributed by atoms with Crippen molar-refractivity contribution in [2.45, 2.75) is 19.1 Å². The second kappa shape index (κ2) is 7.26. The SMILES string of the molecule is CC1OC=CC1=NN(C(=O)N1CCNC1=O)C([C]=O)c1ccc(O)cc1. The first-order chi connectivity index (χ1) is 12.5. The lowest BCUT2D eigenvalue weighted by molar-refractivity contribution is 0.156. The number of hydrogen-bond acceptors (Lipinski definition) is 6. The smallest absolute Gasteiger partial charge is 0.349 e. The van der Waals surface area contributed by atoms with Crippen LogP contribution in [0, 0.1) is 0 Å². The number of rotatable bonds is 4. The van der Waals surface area contributed by atoms with Crippen LogP contribution in [0.2, 0.25) is 0 Å². The van der Waals surface area contributed by atoms with Crippen molar-refractivity contribution in [2.24, 2.45) is 5.10 Å². The minimum absolute atomic E-state index is 0.0160. The van der Waals surface area contributed by atoms with Gasteiger partial charge in [0.25, 0.3) is 0 Å². The molecule has 0 bridgehead atoms. The summed E-state index contributed by atoms with van der Waals surface area (Å²) in [5.41, 5.74) is 0.822. The Hall–Kier alpha value is -3.36. The summed E-state index contributed by atoms with van der Waals surface area (Å²) < 4.78 is 5.25. The van der Waals surface area contributed by atoms with Crippen LogP contribution in [-0.4, -0.2) is 58.3 Å². The Morgan fingerprint density at radius 1 is 1.46 bits per heavy atom. The Balaban J connectivity index is 1.99. The van der Waals surface area contributed by atoms with Gasteiger partial charge in [0.05, 0.1) is 6.26 Å². The van der Waals surface area contributed by atoms with Crippen molar-refractivity contribution in [3.8, 4) is 5.75 Å².